The van der Waals surface area contributed by atoms with Crippen LogP contribution in [0.25, 0.3) is 0 Å². The van der Waals surface area contributed by atoms with Gasteiger partial charge >= 0.3 is 0 Å². The molecule has 0 aliphatic rings. The normalized spacial score (nSPS) is 10.3. The van der Waals surface area contributed by atoms with E-state index in [0.717, 1.165) is 29.3 Å². The maximum atomic E-state index is 13.3. The summed E-state index contributed by atoms with van der Waals surface area (Å²) in [5.41, 5.74) is 0.894. The lowest BCUT2D eigenvalue weighted by atomic mass is 10.1. The van der Waals surface area contributed by atoms with Crippen LogP contribution in [-0.2, 0) is 6.42 Å². The van der Waals surface area contributed by atoms with Crippen molar-refractivity contribution >= 4 is 15.9 Å². The Morgan fingerprint density at radius 1 is 1.57 bits per heavy atom. The molecule has 0 saturated heterocycles. The predicted octanol–water partition coefficient (Wildman–Crippen LogP) is 3.74. The summed E-state index contributed by atoms with van der Waals surface area (Å²) in [4.78, 5) is 0. The minimum absolute atomic E-state index is 0.313. The van der Waals surface area contributed by atoms with Crippen molar-refractivity contribution in [2.75, 3.05) is 7.11 Å². The second-order valence-electron chi connectivity index (χ2n) is 3.07. The van der Waals surface area contributed by atoms with E-state index >= 15 is 0 Å². The van der Waals surface area contributed by atoms with Crippen molar-refractivity contribution in [2.24, 2.45) is 0 Å². The summed E-state index contributed by atoms with van der Waals surface area (Å²) in [6.07, 6.45) is 2.93. The average Bonchev–Trinajstić information content (AvgIpc) is 2.19. The standard InChI is InChI=1S/C11H13BrFO/c1-3-4-5-8-9(12)6-7-10(13)11(8)14-2/h6H,3-5H2,1-2H3. The van der Waals surface area contributed by atoms with Gasteiger partial charge in [0.05, 0.1) is 7.11 Å². The lowest BCUT2D eigenvalue weighted by Gasteiger charge is -2.10. The zero-order valence-corrected chi connectivity index (χ0v) is 9.95. The fraction of sp³-hybridized carbons (Fsp3) is 0.455. The van der Waals surface area contributed by atoms with E-state index in [9.17, 15) is 4.39 Å². The Balaban J connectivity index is 3.03. The van der Waals surface area contributed by atoms with Gasteiger partial charge in [-0.05, 0) is 18.9 Å². The van der Waals surface area contributed by atoms with E-state index in [2.05, 4.69) is 28.9 Å². The van der Waals surface area contributed by atoms with Crippen LogP contribution in [0.1, 0.15) is 25.3 Å². The molecule has 0 saturated carbocycles. The molecule has 3 heteroatoms. The SMILES string of the molecule is CCCCc1c(Br)c[c]c(F)c1OC. The Bertz CT molecular complexity index is 312. The number of benzene rings is 1. The molecule has 77 valence electrons. The minimum atomic E-state index is -0.415. The maximum absolute atomic E-state index is 13.3. The number of methoxy groups -OCH3 is 1. The topological polar surface area (TPSA) is 9.23 Å². The van der Waals surface area contributed by atoms with E-state index < -0.39 is 5.82 Å². The van der Waals surface area contributed by atoms with Gasteiger partial charge in [0.15, 0.2) is 11.6 Å². The number of rotatable bonds is 4. The molecule has 0 aliphatic heterocycles. The van der Waals surface area contributed by atoms with Crippen LogP contribution in [0.4, 0.5) is 4.39 Å². The summed E-state index contributed by atoms with van der Waals surface area (Å²) in [7, 11) is 1.48. The fourth-order valence-corrected chi connectivity index (χ4v) is 1.81. The first-order valence-electron chi connectivity index (χ1n) is 4.63. The average molecular weight is 260 g/mol. The molecule has 0 atom stereocenters. The molecule has 1 radical (unpaired) electrons. The van der Waals surface area contributed by atoms with Crippen molar-refractivity contribution in [3.63, 3.8) is 0 Å². The molecular weight excluding hydrogens is 247 g/mol. The third-order valence-electron chi connectivity index (χ3n) is 2.07. The first-order chi connectivity index (χ1) is 6.70. The highest BCUT2D eigenvalue weighted by Gasteiger charge is 2.12. The summed E-state index contributed by atoms with van der Waals surface area (Å²) in [5, 5.41) is 0. The summed E-state index contributed by atoms with van der Waals surface area (Å²) >= 11 is 3.37. The van der Waals surface area contributed by atoms with Gasteiger partial charge in [0.1, 0.15) is 0 Å². The van der Waals surface area contributed by atoms with Crippen molar-refractivity contribution in [3.05, 3.63) is 28.0 Å². The molecular formula is C11H13BrFO. The molecule has 0 bridgehead atoms. The van der Waals surface area contributed by atoms with Crippen molar-refractivity contribution in [3.8, 4) is 5.75 Å². The third-order valence-corrected chi connectivity index (χ3v) is 2.78. The van der Waals surface area contributed by atoms with E-state index in [1.165, 1.54) is 7.11 Å². The lowest BCUT2D eigenvalue weighted by Crippen LogP contribution is -1.97. The molecule has 1 rings (SSSR count). The van der Waals surface area contributed by atoms with Gasteiger partial charge in [-0.25, -0.2) is 4.39 Å². The molecule has 0 spiro atoms. The van der Waals surface area contributed by atoms with E-state index in [0.29, 0.717) is 5.75 Å². The van der Waals surface area contributed by atoms with E-state index in [1.807, 2.05) is 0 Å². The number of halogens is 2. The number of ether oxygens (including phenoxy) is 1. The Hall–Kier alpha value is -0.570. The van der Waals surface area contributed by atoms with Crippen LogP contribution >= 0.6 is 15.9 Å². The zero-order chi connectivity index (χ0) is 10.6. The third kappa shape index (κ3) is 2.47. The molecule has 0 heterocycles. The van der Waals surface area contributed by atoms with Crippen molar-refractivity contribution < 1.29 is 9.13 Å². The Morgan fingerprint density at radius 3 is 2.86 bits per heavy atom. The van der Waals surface area contributed by atoms with Crippen molar-refractivity contribution in [1.29, 1.82) is 0 Å². The van der Waals surface area contributed by atoms with Gasteiger partial charge in [-0.15, -0.1) is 0 Å². The monoisotopic (exact) mass is 259 g/mol. The van der Waals surface area contributed by atoms with E-state index in [-0.39, 0.29) is 0 Å². The smallest absolute Gasteiger partial charge is 0.173 e. The van der Waals surface area contributed by atoms with Gasteiger partial charge in [-0.3, -0.25) is 0 Å². The summed E-state index contributed by atoms with van der Waals surface area (Å²) in [6.45, 7) is 2.10. The van der Waals surface area contributed by atoms with Crippen LogP contribution in [0, 0.1) is 11.9 Å². The lowest BCUT2D eigenvalue weighted by molar-refractivity contribution is 0.380. The molecule has 0 fully saturated rings. The summed E-state index contributed by atoms with van der Waals surface area (Å²) < 4.78 is 19.1. The molecule has 1 aromatic carbocycles. The van der Waals surface area contributed by atoms with E-state index in [1.54, 1.807) is 6.07 Å². The highest BCUT2D eigenvalue weighted by atomic mass is 79.9. The Kier molecular flexibility index (Phi) is 4.39. The van der Waals surface area contributed by atoms with Gasteiger partial charge in [0.2, 0.25) is 0 Å². The van der Waals surface area contributed by atoms with Gasteiger partial charge < -0.3 is 4.74 Å². The summed E-state index contributed by atoms with van der Waals surface area (Å²) in [5.74, 6) is -0.102. The predicted molar refractivity (Wildman–Crippen MR) is 58.1 cm³/mol. The molecule has 0 unspecified atom stereocenters. The molecule has 0 aliphatic carbocycles. The van der Waals surface area contributed by atoms with Gasteiger partial charge in [0.25, 0.3) is 0 Å². The Labute approximate surface area is 92.4 Å². The van der Waals surface area contributed by atoms with Gasteiger partial charge in [-0.2, -0.15) is 0 Å². The number of hydrogen-bond acceptors (Lipinski definition) is 1. The second kappa shape index (κ2) is 5.35. The van der Waals surface area contributed by atoms with Crippen LogP contribution in [0.2, 0.25) is 0 Å². The molecule has 0 amide bonds. The molecule has 14 heavy (non-hydrogen) atoms. The molecule has 0 N–H and O–H groups in total. The van der Waals surface area contributed by atoms with E-state index in [4.69, 9.17) is 4.74 Å². The second-order valence-corrected chi connectivity index (χ2v) is 3.92. The van der Waals surface area contributed by atoms with Crippen LogP contribution in [-0.4, -0.2) is 7.11 Å². The van der Waals surface area contributed by atoms with Gasteiger partial charge in [-0.1, -0.05) is 29.3 Å². The highest BCUT2D eigenvalue weighted by Crippen LogP contribution is 2.30. The quantitative estimate of drug-likeness (QED) is 0.801. The van der Waals surface area contributed by atoms with Crippen molar-refractivity contribution in [2.45, 2.75) is 26.2 Å². The fourth-order valence-electron chi connectivity index (χ4n) is 1.32. The largest absolute Gasteiger partial charge is 0.493 e. The summed E-state index contributed by atoms with van der Waals surface area (Å²) in [6, 6.07) is 4.10. The van der Waals surface area contributed by atoms with Crippen molar-refractivity contribution in [1.82, 2.24) is 0 Å². The highest BCUT2D eigenvalue weighted by molar-refractivity contribution is 9.10. The number of unbranched alkanes of at least 4 members (excludes halogenated alkanes) is 1. The zero-order valence-electron chi connectivity index (χ0n) is 8.36. The minimum Gasteiger partial charge on any atom is -0.493 e. The van der Waals surface area contributed by atoms with Crippen LogP contribution < -0.4 is 4.74 Å². The van der Waals surface area contributed by atoms with Crippen LogP contribution in [0.15, 0.2) is 10.5 Å². The van der Waals surface area contributed by atoms with Crippen LogP contribution in [0.5, 0.6) is 5.75 Å². The Morgan fingerprint density at radius 2 is 2.29 bits per heavy atom. The van der Waals surface area contributed by atoms with Crippen LogP contribution in [0.3, 0.4) is 0 Å². The molecule has 0 aromatic heterocycles. The molecule has 1 aromatic rings. The first kappa shape index (κ1) is 11.5. The first-order valence-corrected chi connectivity index (χ1v) is 5.42. The number of hydrogen-bond donors (Lipinski definition) is 0. The molecule has 1 nitrogen and oxygen atoms in total. The maximum Gasteiger partial charge on any atom is 0.173 e. The van der Waals surface area contributed by atoms with Gasteiger partial charge in [0, 0.05) is 16.1 Å².